The number of allylic oxidation sites excluding steroid dienone is 1. The second-order valence-corrected chi connectivity index (χ2v) is 9.22. The van der Waals surface area contributed by atoms with Gasteiger partial charge in [-0.15, -0.1) is 0 Å². The first kappa shape index (κ1) is 25.5. The van der Waals surface area contributed by atoms with Crippen molar-refractivity contribution in [3.8, 4) is 11.5 Å². The maximum absolute atomic E-state index is 13.8. The summed E-state index contributed by atoms with van der Waals surface area (Å²) in [5.74, 6) is 0.496. The summed E-state index contributed by atoms with van der Waals surface area (Å²) in [6.07, 6.45) is 3.37. The molecule has 7 nitrogen and oxygen atoms in total. The van der Waals surface area contributed by atoms with E-state index in [0.717, 1.165) is 0 Å². The van der Waals surface area contributed by atoms with E-state index in [1.807, 2.05) is 18.2 Å². The Kier molecular flexibility index (Phi) is 7.76. The second-order valence-electron chi connectivity index (χ2n) is 7.80. The third-order valence-corrected chi connectivity index (χ3v) is 6.91. The Balaban J connectivity index is 1.97. The van der Waals surface area contributed by atoms with Gasteiger partial charge in [0.15, 0.2) is 16.3 Å². The van der Waals surface area contributed by atoms with Crippen LogP contribution in [-0.2, 0) is 9.53 Å². The van der Waals surface area contributed by atoms with E-state index < -0.39 is 12.0 Å². The Morgan fingerprint density at radius 2 is 2.03 bits per heavy atom. The van der Waals surface area contributed by atoms with Gasteiger partial charge in [-0.25, -0.2) is 9.79 Å². The Morgan fingerprint density at radius 3 is 2.72 bits per heavy atom. The lowest BCUT2D eigenvalue weighted by atomic mass is 9.96. The molecule has 9 heteroatoms. The number of esters is 1. The van der Waals surface area contributed by atoms with E-state index >= 15 is 0 Å². The van der Waals surface area contributed by atoms with Crippen LogP contribution in [0.1, 0.15) is 31.0 Å². The zero-order valence-corrected chi connectivity index (χ0v) is 21.7. The summed E-state index contributed by atoms with van der Waals surface area (Å²) in [5, 5.41) is 0.432. The highest BCUT2D eigenvalue weighted by Crippen LogP contribution is 2.35. The molecule has 3 aromatic rings. The Hall–Kier alpha value is -3.62. The van der Waals surface area contributed by atoms with E-state index in [4.69, 9.17) is 25.8 Å². The van der Waals surface area contributed by atoms with Gasteiger partial charge in [-0.1, -0.05) is 65.9 Å². The molecule has 0 saturated carbocycles. The van der Waals surface area contributed by atoms with Crippen molar-refractivity contribution in [2.45, 2.75) is 19.9 Å². The predicted molar refractivity (Wildman–Crippen MR) is 141 cm³/mol. The maximum Gasteiger partial charge on any atom is 0.338 e. The van der Waals surface area contributed by atoms with Crippen molar-refractivity contribution in [2.24, 2.45) is 4.99 Å². The van der Waals surface area contributed by atoms with E-state index in [9.17, 15) is 9.59 Å². The summed E-state index contributed by atoms with van der Waals surface area (Å²) in [6, 6.07) is 11.8. The molecule has 0 unspecified atom stereocenters. The molecular formula is C27H25ClN2O5S. The van der Waals surface area contributed by atoms with Gasteiger partial charge in [-0.05, 0) is 37.6 Å². The number of carbonyl (C=O) groups excluding carboxylic acids is 1. The predicted octanol–water partition coefficient (Wildman–Crippen LogP) is 4.03. The molecule has 0 saturated heterocycles. The first-order valence-electron chi connectivity index (χ1n) is 11.3. The smallest absolute Gasteiger partial charge is 0.338 e. The van der Waals surface area contributed by atoms with Crippen molar-refractivity contribution in [3.05, 3.63) is 102 Å². The number of methoxy groups -OCH3 is 1. The van der Waals surface area contributed by atoms with Gasteiger partial charge >= 0.3 is 5.97 Å². The van der Waals surface area contributed by atoms with Gasteiger partial charge in [-0.3, -0.25) is 9.36 Å². The minimum Gasteiger partial charge on any atom is -0.493 e. The number of halogens is 1. The number of hydrogen-bond acceptors (Lipinski definition) is 7. The number of nitrogens with zero attached hydrogens (tertiary/aromatic N) is 2. The van der Waals surface area contributed by atoms with Gasteiger partial charge in [0.1, 0.15) is 12.6 Å². The average molecular weight is 525 g/mol. The first-order chi connectivity index (χ1) is 17.4. The van der Waals surface area contributed by atoms with E-state index in [2.05, 4.69) is 11.6 Å². The van der Waals surface area contributed by atoms with Crippen LogP contribution in [0.15, 0.2) is 76.2 Å². The number of thiazole rings is 1. The van der Waals surface area contributed by atoms with Crippen LogP contribution in [0.2, 0.25) is 5.02 Å². The lowest BCUT2D eigenvalue weighted by molar-refractivity contribution is -0.139. The van der Waals surface area contributed by atoms with Crippen molar-refractivity contribution >= 4 is 35.0 Å². The highest BCUT2D eigenvalue weighted by atomic mass is 35.5. The topological polar surface area (TPSA) is 79.1 Å². The number of hydrogen-bond donors (Lipinski definition) is 0. The van der Waals surface area contributed by atoms with Crippen molar-refractivity contribution in [1.29, 1.82) is 0 Å². The molecule has 186 valence electrons. The van der Waals surface area contributed by atoms with Crippen LogP contribution in [0.25, 0.3) is 6.08 Å². The lowest BCUT2D eigenvalue weighted by Gasteiger charge is -2.25. The molecule has 0 aliphatic carbocycles. The molecule has 1 aliphatic rings. The molecule has 1 aromatic heterocycles. The summed E-state index contributed by atoms with van der Waals surface area (Å²) in [5.41, 5.74) is 1.72. The molecule has 2 heterocycles. The minimum atomic E-state index is -0.780. The average Bonchev–Trinajstić information content (AvgIpc) is 3.17. The molecule has 2 aromatic carbocycles. The molecule has 1 atom stereocenters. The van der Waals surface area contributed by atoms with Gasteiger partial charge in [0.2, 0.25) is 0 Å². The number of carbonyl (C=O) groups is 1. The normalized spacial score (nSPS) is 15.2. The van der Waals surface area contributed by atoms with Crippen molar-refractivity contribution < 1.29 is 19.0 Å². The molecule has 0 spiro atoms. The van der Waals surface area contributed by atoms with Crippen molar-refractivity contribution in [3.63, 3.8) is 0 Å². The second kappa shape index (κ2) is 11.0. The number of fused-ring (bicyclic) bond motifs is 1. The third-order valence-electron chi connectivity index (χ3n) is 5.58. The summed E-state index contributed by atoms with van der Waals surface area (Å²) < 4.78 is 18.5. The van der Waals surface area contributed by atoms with Gasteiger partial charge in [0, 0.05) is 10.6 Å². The molecular weight excluding hydrogens is 500 g/mol. The fraction of sp³-hybridized carbons (Fsp3) is 0.222. The summed E-state index contributed by atoms with van der Waals surface area (Å²) in [6.45, 7) is 7.63. The fourth-order valence-corrected chi connectivity index (χ4v) is 5.30. The van der Waals surface area contributed by atoms with Gasteiger partial charge in [0.05, 0.1) is 29.5 Å². The van der Waals surface area contributed by atoms with Gasteiger partial charge in [0.25, 0.3) is 5.56 Å². The SMILES string of the molecule is C=CCOc1c(/C=c2\sc3n(c2=O)[C@H](c2ccccc2Cl)C(C(=O)OCC)=C(C)N=3)cccc1OC. The van der Waals surface area contributed by atoms with E-state index in [1.54, 1.807) is 57.4 Å². The van der Waals surface area contributed by atoms with E-state index in [-0.39, 0.29) is 24.3 Å². The number of benzene rings is 2. The number of ether oxygens (including phenoxy) is 3. The summed E-state index contributed by atoms with van der Waals surface area (Å²) in [7, 11) is 1.55. The molecule has 36 heavy (non-hydrogen) atoms. The molecule has 0 amide bonds. The fourth-order valence-electron chi connectivity index (χ4n) is 4.03. The van der Waals surface area contributed by atoms with Gasteiger partial charge in [-0.2, -0.15) is 0 Å². The quantitative estimate of drug-likeness (QED) is 0.328. The van der Waals surface area contributed by atoms with Crippen LogP contribution >= 0.6 is 22.9 Å². The van der Waals surface area contributed by atoms with Gasteiger partial charge < -0.3 is 14.2 Å². The number of rotatable bonds is 8. The number of para-hydroxylation sites is 1. The number of aromatic nitrogens is 1. The van der Waals surface area contributed by atoms with Crippen LogP contribution in [0, 0.1) is 0 Å². The summed E-state index contributed by atoms with van der Waals surface area (Å²) in [4.78, 5) is 31.8. The zero-order valence-electron chi connectivity index (χ0n) is 20.1. The first-order valence-corrected chi connectivity index (χ1v) is 12.5. The summed E-state index contributed by atoms with van der Waals surface area (Å²) >= 11 is 7.77. The Morgan fingerprint density at radius 1 is 1.25 bits per heavy atom. The lowest BCUT2D eigenvalue weighted by Crippen LogP contribution is -2.40. The van der Waals surface area contributed by atoms with Crippen LogP contribution in [0.4, 0.5) is 0 Å². The molecule has 0 radical (unpaired) electrons. The molecule has 0 bridgehead atoms. The van der Waals surface area contributed by atoms with Crippen molar-refractivity contribution in [2.75, 3.05) is 20.3 Å². The highest BCUT2D eigenvalue weighted by Gasteiger charge is 2.34. The van der Waals surface area contributed by atoms with Crippen LogP contribution in [-0.4, -0.2) is 30.9 Å². The molecule has 4 rings (SSSR count). The van der Waals surface area contributed by atoms with Crippen LogP contribution in [0.3, 0.4) is 0 Å². The minimum absolute atomic E-state index is 0.193. The van der Waals surface area contributed by atoms with Crippen molar-refractivity contribution in [1.82, 2.24) is 4.57 Å². The third kappa shape index (κ3) is 4.74. The molecule has 0 fully saturated rings. The Bertz CT molecular complexity index is 1540. The zero-order chi connectivity index (χ0) is 25.8. The highest BCUT2D eigenvalue weighted by molar-refractivity contribution is 7.07. The Labute approximate surface area is 217 Å². The molecule has 0 N–H and O–H groups in total. The maximum atomic E-state index is 13.8. The largest absolute Gasteiger partial charge is 0.493 e. The monoisotopic (exact) mass is 524 g/mol. The standard InChI is InChI=1S/C27H25ClN2O5S/c1-5-14-35-24-17(10-9-13-20(24)33-4)15-21-25(31)30-23(18-11-7-8-12-19(18)28)22(26(32)34-6-2)16(3)29-27(30)36-21/h5,7-13,15,23H,1,6,14H2,2-4H3/b21-15-/t23-/m1/s1. The van der Waals surface area contributed by atoms with Crippen LogP contribution in [0.5, 0.6) is 11.5 Å². The van der Waals surface area contributed by atoms with Crippen LogP contribution < -0.4 is 24.4 Å². The van der Waals surface area contributed by atoms with E-state index in [0.29, 0.717) is 42.7 Å². The van der Waals surface area contributed by atoms with E-state index in [1.165, 1.54) is 15.9 Å². The molecule has 1 aliphatic heterocycles.